The highest BCUT2D eigenvalue weighted by molar-refractivity contribution is 5.94. The Labute approximate surface area is 201 Å². The molecule has 34 heavy (non-hydrogen) atoms. The lowest BCUT2D eigenvalue weighted by molar-refractivity contribution is 0.0953. The molecule has 0 atom stereocenters. The summed E-state index contributed by atoms with van der Waals surface area (Å²) in [7, 11) is 1.65. The Morgan fingerprint density at radius 3 is 2.79 bits per heavy atom. The standard InChI is InChI=1S/C28H32N2O4/c1-32-26-7-3-4-21(18-26)10-11-30-28(31)24-8-9-27-25(19-24)17-22-5-2-6-23(16-22)20-29-12-13-33-14-15-34-27/h2-9,16,18-19,29H,10-15,17,20H2,1H3,(H,30,31). The van der Waals surface area contributed by atoms with Crippen molar-refractivity contribution in [3.63, 3.8) is 0 Å². The van der Waals surface area contributed by atoms with E-state index in [4.69, 9.17) is 14.2 Å². The first kappa shape index (κ1) is 23.8. The van der Waals surface area contributed by atoms with Gasteiger partial charge in [-0.3, -0.25) is 4.79 Å². The van der Waals surface area contributed by atoms with Crippen LogP contribution in [0.5, 0.6) is 11.5 Å². The first-order chi connectivity index (χ1) is 16.7. The number of benzene rings is 3. The fraction of sp³-hybridized carbons (Fsp3) is 0.321. The summed E-state index contributed by atoms with van der Waals surface area (Å²) in [4.78, 5) is 12.9. The molecule has 0 radical (unpaired) electrons. The smallest absolute Gasteiger partial charge is 0.251 e. The van der Waals surface area contributed by atoms with Crippen LogP contribution in [0, 0.1) is 0 Å². The maximum absolute atomic E-state index is 12.9. The normalized spacial score (nSPS) is 14.3. The number of hydrogen-bond donors (Lipinski definition) is 2. The molecule has 6 heteroatoms. The topological polar surface area (TPSA) is 68.8 Å². The van der Waals surface area contributed by atoms with Gasteiger partial charge in [-0.1, -0.05) is 36.4 Å². The Balaban J connectivity index is 1.46. The van der Waals surface area contributed by atoms with E-state index < -0.39 is 0 Å². The molecule has 0 unspecified atom stereocenters. The van der Waals surface area contributed by atoms with Crippen molar-refractivity contribution in [3.8, 4) is 11.5 Å². The molecule has 1 aliphatic heterocycles. The first-order valence-corrected chi connectivity index (χ1v) is 11.7. The molecule has 0 spiro atoms. The van der Waals surface area contributed by atoms with Gasteiger partial charge in [0.2, 0.25) is 0 Å². The molecule has 3 aromatic rings. The number of nitrogens with one attached hydrogen (secondary N) is 2. The third-order valence-corrected chi connectivity index (χ3v) is 5.78. The maximum Gasteiger partial charge on any atom is 0.251 e. The highest BCUT2D eigenvalue weighted by Crippen LogP contribution is 2.24. The van der Waals surface area contributed by atoms with Gasteiger partial charge in [0.05, 0.1) is 20.3 Å². The Morgan fingerprint density at radius 1 is 1.00 bits per heavy atom. The van der Waals surface area contributed by atoms with Crippen LogP contribution in [-0.4, -0.2) is 45.9 Å². The zero-order valence-corrected chi connectivity index (χ0v) is 19.6. The molecule has 4 rings (SSSR count). The Morgan fingerprint density at radius 2 is 1.88 bits per heavy atom. The molecule has 2 N–H and O–H groups in total. The largest absolute Gasteiger partial charge is 0.497 e. The van der Waals surface area contributed by atoms with Gasteiger partial charge in [-0.05, 0) is 59.0 Å². The van der Waals surface area contributed by atoms with Crippen LogP contribution in [0.1, 0.15) is 32.6 Å². The Bertz CT molecular complexity index is 1100. The van der Waals surface area contributed by atoms with Crippen LogP contribution in [0.2, 0.25) is 0 Å². The Kier molecular flexibility index (Phi) is 8.54. The first-order valence-electron chi connectivity index (χ1n) is 11.7. The van der Waals surface area contributed by atoms with E-state index in [2.05, 4.69) is 34.9 Å². The third-order valence-electron chi connectivity index (χ3n) is 5.78. The van der Waals surface area contributed by atoms with Crippen LogP contribution in [0.3, 0.4) is 0 Å². The van der Waals surface area contributed by atoms with Crippen molar-refractivity contribution in [2.24, 2.45) is 0 Å². The second kappa shape index (κ2) is 12.2. The molecule has 1 aliphatic rings. The molecule has 2 bridgehead atoms. The summed E-state index contributed by atoms with van der Waals surface area (Å²) in [6, 6.07) is 22.1. The molecule has 178 valence electrons. The molecule has 0 aromatic heterocycles. The van der Waals surface area contributed by atoms with E-state index in [1.807, 2.05) is 42.5 Å². The molecule has 1 amide bonds. The number of fused-ring (bicyclic) bond motifs is 3. The lowest BCUT2D eigenvalue weighted by Gasteiger charge is -2.15. The number of carbonyl (C=O) groups excluding carboxylic acids is 1. The van der Waals surface area contributed by atoms with Crippen LogP contribution in [-0.2, 0) is 24.1 Å². The van der Waals surface area contributed by atoms with Gasteiger partial charge in [-0.15, -0.1) is 0 Å². The van der Waals surface area contributed by atoms with Gasteiger partial charge in [0.25, 0.3) is 5.91 Å². The van der Waals surface area contributed by atoms with Crippen molar-refractivity contribution in [1.82, 2.24) is 10.6 Å². The minimum Gasteiger partial charge on any atom is -0.497 e. The van der Waals surface area contributed by atoms with Crippen molar-refractivity contribution in [2.45, 2.75) is 19.4 Å². The fourth-order valence-corrected chi connectivity index (χ4v) is 4.01. The molecule has 3 aromatic carbocycles. The lowest BCUT2D eigenvalue weighted by Crippen LogP contribution is -2.26. The molecule has 0 aliphatic carbocycles. The number of ether oxygens (including phenoxy) is 3. The minimum absolute atomic E-state index is 0.0913. The van der Waals surface area contributed by atoms with Crippen LogP contribution >= 0.6 is 0 Å². The molecule has 0 saturated carbocycles. The van der Waals surface area contributed by atoms with E-state index in [9.17, 15) is 4.79 Å². The maximum atomic E-state index is 12.9. The van der Waals surface area contributed by atoms with Crippen LogP contribution in [0.4, 0.5) is 0 Å². The molecular weight excluding hydrogens is 428 g/mol. The van der Waals surface area contributed by atoms with E-state index >= 15 is 0 Å². The highest BCUT2D eigenvalue weighted by Gasteiger charge is 2.12. The average molecular weight is 461 g/mol. The van der Waals surface area contributed by atoms with Crippen molar-refractivity contribution >= 4 is 5.91 Å². The van der Waals surface area contributed by atoms with Gasteiger partial charge >= 0.3 is 0 Å². The number of amides is 1. The number of carbonyl (C=O) groups is 1. The highest BCUT2D eigenvalue weighted by atomic mass is 16.5. The van der Waals surface area contributed by atoms with Gasteiger partial charge in [0.15, 0.2) is 0 Å². The number of rotatable bonds is 5. The summed E-state index contributed by atoms with van der Waals surface area (Å²) in [5.74, 6) is 1.52. The second-order valence-corrected chi connectivity index (χ2v) is 8.31. The molecular formula is C28H32N2O4. The van der Waals surface area contributed by atoms with Crippen LogP contribution < -0.4 is 20.1 Å². The van der Waals surface area contributed by atoms with Gasteiger partial charge in [-0.2, -0.15) is 0 Å². The van der Waals surface area contributed by atoms with E-state index in [1.165, 1.54) is 11.1 Å². The number of methoxy groups -OCH3 is 1. The zero-order chi connectivity index (χ0) is 23.6. The van der Waals surface area contributed by atoms with E-state index in [0.717, 1.165) is 42.1 Å². The van der Waals surface area contributed by atoms with Crippen LogP contribution in [0.25, 0.3) is 0 Å². The molecule has 0 saturated heterocycles. The molecule has 1 heterocycles. The third kappa shape index (κ3) is 6.83. The summed E-state index contributed by atoms with van der Waals surface area (Å²) in [5.41, 5.74) is 5.15. The predicted octanol–water partition coefficient (Wildman–Crippen LogP) is 3.76. The second-order valence-electron chi connectivity index (χ2n) is 8.31. The van der Waals surface area contributed by atoms with Crippen molar-refractivity contribution in [1.29, 1.82) is 0 Å². The summed E-state index contributed by atoms with van der Waals surface area (Å²) in [6.07, 6.45) is 1.42. The van der Waals surface area contributed by atoms with Gasteiger partial charge < -0.3 is 24.8 Å². The zero-order valence-electron chi connectivity index (χ0n) is 19.6. The molecule has 6 nitrogen and oxygen atoms in total. The van der Waals surface area contributed by atoms with Crippen molar-refractivity contribution < 1.29 is 19.0 Å². The van der Waals surface area contributed by atoms with Gasteiger partial charge in [-0.25, -0.2) is 0 Å². The fourth-order valence-electron chi connectivity index (χ4n) is 4.01. The quantitative estimate of drug-likeness (QED) is 0.607. The summed E-state index contributed by atoms with van der Waals surface area (Å²) >= 11 is 0. The van der Waals surface area contributed by atoms with E-state index in [1.54, 1.807) is 7.11 Å². The van der Waals surface area contributed by atoms with Crippen molar-refractivity contribution in [3.05, 3.63) is 94.5 Å². The van der Waals surface area contributed by atoms with Gasteiger partial charge in [0.1, 0.15) is 18.1 Å². The number of hydrogen-bond acceptors (Lipinski definition) is 5. The van der Waals surface area contributed by atoms with Crippen molar-refractivity contribution in [2.75, 3.05) is 40.0 Å². The van der Waals surface area contributed by atoms with E-state index in [-0.39, 0.29) is 5.91 Å². The Hall–Kier alpha value is -3.35. The van der Waals surface area contributed by atoms with E-state index in [0.29, 0.717) is 38.3 Å². The summed E-state index contributed by atoms with van der Waals surface area (Å²) in [5, 5.41) is 6.44. The minimum atomic E-state index is -0.0913. The SMILES string of the molecule is COc1cccc(CCNC(=O)c2ccc3c(c2)Cc2cccc(c2)CNCCOCCO3)c1. The van der Waals surface area contributed by atoms with Crippen LogP contribution in [0.15, 0.2) is 66.7 Å². The summed E-state index contributed by atoms with van der Waals surface area (Å²) in [6.45, 7) is 3.79. The lowest BCUT2D eigenvalue weighted by atomic mass is 9.99. The molecule has 0 fully saturated rings. The predicted molar refractivity (Wildman–Crippen MR) is 133 cm³/mol. The average Bonchev–Trinajstić information content (AvgIpc) is 2.86. The monoisotopic (exact) mass is 460 g/mol. The summed E-state index contributed by atoms with van der Waals surface area (Å²) < 4.78 is 16.9. The van der Waals surface area contributed by atoms with Gasteiger partial charge in [0, 0.05) is 31.6 Å².